The second-order valence-corrected chi connectivity index (χ2v) is 35.0. The molecule has 0 radical (unpaired) electrons. The van der Waals surface area contributed by atoms with Gasteiger partial charge in [-0.25, -0.2) is 0 Å². The fourth-order valence-corrected chi connectivity index (χ4v) is 16.8. The van der Waals surface area contributed by atoms with Crippen molar-refractivity contribution in [2.45, 2.75) is 191 Å². The van der Waals surface area contributed by atoms with E-state index in [2.05, 4.69) is 52.8 Å². The van der Waals surface area contributed by atoms with E-state index in [9.17, 15) is 44.1 Å². The average molecular weight is 1820 g/mol. The number of amides is 15. The normalized spacial score (nSPS) is 22.7. The number of fused-ring (bicyclic) bond motifs is 2. The largest absolute Gasteiger partial charge is 0.508 e. The molecule has 7 aromatic rings. The standard InChI is InChI=1S/C95H120N16O19S/c1-10-11-32-76-93(128)107(6)53-80(115)99-71(50-82(117)118)88(123)106-83(57(4)5)95(130)109(8)77(47-59-26-17-13-18-27-59)90(125)104-73(46-62-36-40-65(113)41-37-62)92(127)111-42-23-33-75(111)89(124)103-70(49-63-51-97-67-31-22-21-30-66(63)67)87(122)102-69(44-61-34-38-64(112)39-35-61)86(121)101-68(43-56(2)3)85(120)105-74(84(119)98-52-79(96)114)54-131-55-81(116)100-72(45-58-24-15-12-16-25-58)91(126)110(9)78(94(129)108(76)7)48-60-28-19-14-20-29-60/h12-22,24-31,34-41,51,56-57,68-78,83,97,112-113H,10-11,23,32-33,42-50,52-55H2,1-9H3,(H2,96,114)(H,98,119)(H,99,115)(H,100,116)(H,101,121)(H,102,122)(H,103,124)(H,104,125)(H,105,120)(H,106,123)(H,117,118). The molecule has 15 amide bonds. The second kappa shape index (κ2) is 48.7. The Balaban J connectivity index is 1.12. The summed E-state index contributed by atoms with van der Waals surface area (Å²) in [6.07, 6.45) is 0.455. The minimum absolute atomic E-state index is 0.0303. The lowest BCUT2D eigenvalue weighted by molar-refractivity contribution is -0.151. The Hall–Kier alpha value is -13.7. The van der Waals surface area contributed by atoms with Gasteiger partial charge >= 0.3 is 5.97 Å². The van der Waals surface area contributed by atoms with E-state index in [-0.39, 0.29) is 93.9 Å². The molecule has 2 aliphatic rings. The molecular weight excluding hydrogens is 1700 g/mol. The van der Waals surface area contributed by atoms with Crippen LogP contribution >= 0.6 is 11.8 Å². The van der Waals surface area contributed by atoms with Gasteiger partial charge in [-0.2, -0.15) is 0 Å². The molecule has 36 heteroatoms. The van der Waals surface area contributed by atoms with Gasteiger partial charge in [-0.05, 0) is 101 Å². The average Bonchev–Trinajstić information content (AvgIpc) is 1.77. The topological polar surface area (TPSA) is 500 Å². The summed E-state index contributed by atoms with van der Waals surface area (Å²) in [5.41, 5.74) is 9.21. The number of nitrogens with one attached hydrogen (secondary N) is 10. The van der Waals surface area contributed by atoms with Crippen LogP contribution in [-0.2, 0) is 115 Å². The van der Waals surface area contributed by atoms with E-state index in [1.807, 2.05) is 6.92 Å². The number of unbranched alkanes of at least 4 members (excludes halogenated alkanes) is 1. The van der Waals surface area contributed by atoms with Crippen LogP contribution < -0.4 is 53.6 Å². The number of carbonyl (C=O) groups is 16. The van der Waals surface area contributed by atoms with Gasteiger partial charge in [0.1, 0.15) is 84.0 Å². The van der Waals surface area contributed by atoms with E-state index in [0.29, 0.717) is 57.1 Å². The van der Waals surface area contributed by atoms with Gasteiger partial charge in [0.05, 0.1) is 25.3 Å². The number of para-hydroxylation sites is 1. The Morgan fingerprint density at radius 1 is 0.489 bits per heavy atom. The molecule has 0 bridgehead atoms. The lowest BCUT2D eigenvalue weighted by Gasteiger charge is -2.37. The maximum Gasteiger partial charge on any atom is 0.305 e. The summed E-state index contributed by atoms with van der Waals surface area (Å²) in [7, 11) is 5.31. The first-order valence-corrected chi connectivity index (χ1v) is 45.0. The highest BCUT2D eigenvalue weighted by Gasteiger charge is 2.45. The quantitative estimate of drug-likeness (QED) is 0.0438. The van der Waals surface area contributed by atoms with Crippen molar-refractivity contribution in [3.05, 3.63) is 203 Å². The Kier molecular flexibility index (Phi) is 37.5. The van der Waals surface area contributed by atoms with Crippen molar-refractivity contribution in [2.24, 2.45) is 17.6 Å². The van der Waals surface area contributed by atoms with E-state index < -0.39 is 198 Å². The van der Waals surface area contributed by atoms with Crippen LogP contribution in [0.5, 0.6) is 11.5 Å². The predicted octanol–water partition coefficient (Wildman–Crippen LogP) is 2.86. The van der Waals surface area contributed by atoms with Crippen LogP contribution in [0.15, 0.2) is 170 Å². The summed E-state index contributed by atoms with van der Waals surface area (Å²) in [6.45, 7) is 6.95. The second-order valence-electron chi connectivity index (χ2n) is 34.0. The van der Waals surface area contributed by atoms with Crippen molar-refractivity contribution >= 4 is 117 Å². The third-order valence-corrected chi connectivity index (χ3v) is 24.2. The van der Waals surface area contributed by atoms with Gasteiger partial charge in [0.15, 0.2) is 0 Å². The van der Waals surface area contributed by atoms with Gasteiger partial charge in [-0.3, -0.25) is 76.7 Å². The summed E-state index contributed by atoms with van der Waals surface area (Å²) in [5.74, 6) is -17.1. The van der Waals surface area contributed by atoms with Crippen molar-refractivity contribution in [1.82, 2.24) is 77.3 Å². The first kappa shape index (κ1) is 101. The number of carboxylic acid groups (broad SMARTS) is 1. The Morgan fingerprint density at radius 2 is 0.969 bits per heavy atom. The highest BCUT2D eigenvalue weighted by atomic mass is 32.2. The Labute approximate surface area is 765 Å². The molecule has 2 saturated heterocycles. The first-order valence-electron chi connectivity index (χ1n) is 43.8. The molecule has 0 aliphatic carbocycles. The Bertz CT molecular complexity index is 5160. The number of carboxylic acids is 1. The van der Waals surface area contributed by atoms with Gasteiger partial charge in [0.25, 0.3) is 0 Å². The van der Waals surface area contributed by atoms with E-state index in [1.54, 1.807) is 149 Å². The van der Waals surface area contributed by atoms with Crippen molar-refractivity contribution in [3.63, 3.8) is 0 Å². The molecule has 9 rings (SSSR count). The number of phenols is 2. The summed E-state index contributed by atoms with van der Waals surface area (Å²) in [4.78, 5) is 246. The summed E-state index contributed by atoms with van der Waals surface area (Å²) >= 11 is 0.834. The molecule has 6 aromatic carbocycles. The SMILES string of the molecule is CCCCC1C(=O)N(C)CC(=O)NC(CC(=O)O)C(=O)NC(C(C)C)C(=O)N(C)C(Cc2ccccc2)C(=O)NC(Cc2ccc(O)cc2)C(=O)N2CCCC2C(=O)NC(Cc2c[nH]c3ccccc23)C(=O)NC(Cc2ccc(O)cc2)C(=O)NC(CC(C)C)C(=O)NC(C(=O)NCC(N)=O)CSCC(=O)NC(Cc2ccccc2)C(=O)N(C)C(Cc2ccccc2)C(=O)N1C. The summed E-state index contributed by atoms with van der Waals surface area (Å²) in [5, 5.41) is 56.1. The number of H-pyrrole nitrogens is 1. The fraction of sp³-hybridized carbons (Fsp3) is 0.432. The molecule has 35 nitrogen and oxygen atoms in total. The van der Waals surface area contributed by atoms with E-state index in [1.165, 1.54) is 91.4 Å². The molecule has 15 N–H and O–H groups in total. The summed E-state index contributed by atoms with van der Waals surface area (Å²) in [6, 6.07) is 26.3. The van der Waals surface area contributed by atoms with E-state index in [0.717, 1.165) is 21.6 Å². The van der Waals surface area contributed by atoms with Gasteiger partial charge in [0, 0.05) is 96.1 Å². The molecule has 0 saturated carbocycles. The molecule has 0 spiro atoms. The number of hydrogen-bond acceptors (Lipinski definition) is 19. The number of rotatable bonds is 23. The number of carbonyl (C=O) groups excluding carboxylic acids is 15. The van der Waals surface area contributed by atoms with Crippen molar-refractivity contribution in [3.8, 4) is 11.5 Å². The van der Waals surface area contributed by atoms with Gasteiger partial charge in [-0.1, -0.05) is 181 Å². The molecule has 2 fully saturated rings. The molecular formula is C95H120N16O19S. The minimum atomic E-state index is -1.90. The Morgan fingerprint density at radius 3 is 1.53 bits per heavy atom. The molecule has 12 atom stereocenters. The van der Waals surface area contributed by atoms with Gasteiger partial charge in [-0.15, -0.1) is 11.8 Å². The van der Waals surface area contributed by atoms with Crippen LogP contribution in [0.2, 0.25) is 0 Å². The molecule has 3 heterocycles. The highest BCUT2D eigenvalue weighted by Crippen LogP contribution is 2.27. The number of nitrogens with zero attached hydrogens (tertiary/aromatic N) is 5. The van der Waals surface area contributed by atoms with Crippen LogP contribution in [-0.4, -0.2) is 271 Å². The number of benzene rings is 6. The molecule has 700 valence electrons. The number of likely N-dealkylation sites (N-methyl/N-ethyl adjacent to an activating group) is 4. The minimum Gasteiger partial charge on any atom is -0.508 e. The maximum absolute atomic E-state index is 15.7. The summed E-state index contributed by atoms with van der Waals surface area (Å²) < 4.78 is 0. The highest BCUT2D eigenvalue weighted by molar-refractivity contribution is 8.00. The third-order valence-electron chi connectivity index (χ3n) is 23.1. The third kappa shape index (κ3) is 29.4. The number of aromatic nitrogens is 1. The van der Waals surface area contributed by atoms with Crippen LogP contribution in [0.1, 0.15) is 113 Å². The van der Waals surface area contributed by atoms with Crippen LogP contribution in [0, 0.1) is 11.8 Å². The molecule has 2 aliphatic heterocycles. The zero-order valence-electron chi connectivity index (χ0n) is 75.1. The lowest BCUT2D eigenvalue weighted by atomic mass is 9.98. The molecule has 1 aromatic heterocycles. The maximum atomic E-state index is 15.7. The van der Waals surface area contributed by atoms with Crippen LogP contribution in [0.25, 0.3) is 10.9 Å². The zero-order valence-corrected chi connectivity index (χ0v) is 75.9. The molecule has 12 unspecified atom stereocenters. The number of phenolic OH excluding ortho intramolecular Hbond substituents is 2. The molecule has 131 heavy (non-hydrogen) atoms. The number of nitrogens with two attached hydrogens (primary N) is 1. The number of primary amides is 1. The predicted molar refractivity (Wildman–Crippen MR) is 489 cm³/mol. The van der Waals surface area contributed by atoms with E-state index in [4.69, 9.17) is 5.73 Å². The monoisotopic (exact) mass is 1820 g/mol. The van der Waals surface area contributed by atoms with Gasteiger partial charge < -0.3 is 98.4 Å². The fourth-order valence-electron chi connectivity index (χ4n) is 15.9. The number of aromatic amines is 1. The zero-order chi connectivity index (χ0) is 95.3. The van der Waals surface area contributed by atoms with Crippen LogP contribution in [0.3, 0.4) is 0 Å². The lowest BCUT2D eigenvalue weighted by Crippen LogP contribution is -2.62. The van der Waals surface area contributed by atoms with Crippen LogP contribution in [0.4, 0.5) is 0 Å². The first-order chi connectivity index (χ1) is 62.5. The van der Waals surface area contributed by atoms with Crippen molar-refractivity contribution in [2.75, 3.05) is 59.3 Å². The van der Waals surface area contributed by atoms with E-state index >= 15 is 47.9 Å². The number of aromatic hydroxyl groups is 2. The van der Waals surface area contributed by atoms with Gasteiger partial charge in [0.2, 0.25) is 88.6 Å². The number of hydrogen-bond donors (Lipinski definition) is 14. The van der Waals surface area contributed by atoms with Crippen molar-refractivity contribution < 1.29 is 92.0 Å². The number of thioether (sulfide) groups is 1. The smallest absolute Gasteiger partial charge is 0.305 e. The number of aliphatic carboxylic acids is 1. The van der Waals surface area contributed by atoms with Crippen molar-refractivity contribution in [1.29, 1.82) is 0 Å².